The van der Waals surface area contributed by atoms with Gasteiger partial charge in [0.25, 0.3) is 11.8 Å². The highest BCUT2D eigenvalue weighted by Crippen LogP contribution is 2.43. The van der Waals surface area contributed by atoms with Gasteiger partial charge in [-0.3, -0.25) is 4.79 Å². The molecular weight excluding hydrogens is 458 g/mol. The first-order chi connectivity index (χ1) is 14.9. The standard InChI is InChI=1S/C20H20F6N4OS/c1-10-28-16(18(31)30-4-2-11(21)3-5-30)17(32-10)13-9-27-15(6-14(13)20(24,25)26)29-12-7-19(22,23)8-12/h6,9,11-12H,2-5,7-8H2,1H3,(H,27,29). The van der Waals surface area contributed by atoms with Crippen molar-refractivity contribution in [3.63, 3.8) is 0 Å². The number of nitrogens with zero attached hydrogens (tertiary/aromatic N) is 3. The summed E-state index contributed by atoms with van der Waals surface area (Å²) >= 11 is 0.934. The number of rotatable bonds is 4. The number of pyridine rings is 1. The lowest BCUT2D eigenvalue weighted by Crippen LogP contribution is -2.44. The van der Waals surface area contributed by atoms with Crippen molar-refractivity contribution in [3.8, 4) is 10.4 Å². The van der Waals surface area contributed by atoms with Crippen LogP contribution in [0.15, 0.2) is 12.3 Å². The topological polar surface area (TPSA) is 58.1 Å². The molecule has 2 aliphatic rings. The van der Waals surface area contributed by atoms with Crippen molar-refractivity contribution < 1.29 is 31.1 Å². The van der Waals surface area contributed by atoms with E-state index in [4.69, 9.17) is 0 Å². The third-order valence-electron chi connectivity index (χ3n) is 5.54. The number of aryl methyl sites for hydroxylation is 1. The molecule has 5 nitrogen and oxygen atoms in total. The van der Waals surface area contributed by atoms with Gasteiger partial charge in [-0.2, -0.15) is 13.2 Å². The summed E-state index contributed by atoms with van der Waals surface area (Å²) in [6, 6.07) is 0.106. The number of carbonyl (C=O) groups excluding carboxylic acids is 1. The van der Waals surface area contributed by atoms with Crippen LogP contribution >= 0.6 is 11.3 Å². The Hall–Kier alpha value is -2.37. The molecule has 1 saturated carbocycles. The SMILES string of the molecule is Cc1nc(C(=O)N2CCC(F)CC2)c(-c2cnc(NC3CC(F)(F)C3)cc2C(F)(F)F)s1. The Bertz CT molecular complexity index is 1010. The van der Waals surface area contributed by atoms with Gasteiger partial charge in [-0.15, -0.1) is 11.3 Å². The molecule has 1 amide bonds. The van der Waals surface area contributed by atoms with Crippen LogP contribution in [0.4, 0.5) is 32.2 Å². The van der Waals surface area contributed by atoms with E-state index in [2.05, 4.69) is 15.3 Å². The van der Waals surface area contributed by atoms with Gasteiger partial charge in [0.2, 0.25) is 0 Å². The molecule has 0 bridgehead atoms. The normalized spacial score (nSPS) is 19.7. The summed E-state index contributed by atoms with van der Waals surface area (Å²) in [5, 5.41) is 3.01. The van der Waals surface area contributed by atoms with Crippen molar-refractivity contribution in [3.05, 3.63) is 28.5 Å². The zero-order valence-corrected chi connectivity index (χ0v) is 17.8. The zero-order valence-electron chi connectivity index (χ0n) is 17.0. The minimum atomic E-state index is -4.77. The Morgan fingerprint density at radius 2 is 1.91 bits per heavy atom. The Balaban J connectivity index is 1.66. The van der Waals surface area contributed by atoms with E-state index >= 15 is 0 Å². The quantitative estimate of drug-likeness (QED) is 0.605. The van der Waals surface area contributed by atoms with Gasteiger partial charge in [-0.1, -0.05) is 0 Å². The Labute approximate surface area is 183 Å². The molecule has 1 saturated heterocycles. The summed E-state index contributed by atoms with van der Waals surface area (Å²) in [4.78, 5) is 22.5. The Kier molecular flexibility index (Phi) is 5.84. The molecule has 1 aliphatic carbocycles. The molecule has 2 aromatic rings. The van der Waals surface area contributed by atoms with E-state index in [-0.39, 0.29) is 47.9 Å². The summed E-state index contributed by atoms with van der Waals surface area (Å²) in [6.45, 7) is 1.90. The molecule has 0 aromatic carbocycles. The van der Waals surface area contributed by atoms with E-state index in [9.17, 15) is 31.1 Å². The second kappa shape index (κ2) is 8.20. The number of hydrogen-bond acceptors (Lipinski definition) is 5. The molecule has 174 valence electrons. The number of thiazole rings is 1. The highest BCUT2D eigenvalue weighted by atomic mass is 32.1. The number of anilines is 1. The molecular formula is C20H20F6N4OS. The average molecular weight is 478 g/mol. The third kappa shape index (κ3) is 4.69. The van der Waals surface area contributed by atoms with Crippen LogP contribution in [-0.2, 0) is 6.18 Å². The molecule has 3 heterocycles. The van der Waals surface area contributed by atoms with Crippen molar-refractivity contribution in [2.45, 2.75) is 56.9 Å². The molecule has 0 radical (unpaired) electrons. The molecule has 0 spiro atoms. The maximum atomic E-state index is 13.9. The Morgan fingerprint density at radius 3 is 2.50 bits per heavy atom. The van der Waals surface area contributed by atoms with Crippen LogP contribution < -0.4 is 5.32 Å². The lowest BCUT2D eigenvalue weighted by molar-refractivity contribution is -0.137. The molecule has 2 aromatic heterocycles. The number of likely N-dealkylation sites (tertiary alicyclic amines) is 1. The number of aromatic nitrogens is 2. The smallest absolute Gasteiger partial charge is 0.367 e. The van der Waals surface area contributed by atoms with Gasteiger partial charge in [0.05, 0.1) is 15.4 Å². The maximum Gasteiger partial charge on any atom is 0.417 e. The number of carbonyl (C=O) groups is 1. The molecule has 32 heavy (non-hydrogen) atoms. The first kappa shape index (κ1) is 22.8. The van der Waals surface area contributed by atoms with Gasteiger partial charge < -0.3 is 10.2 Å². The minimum Gasteiger partial charge on any atom is -0.367 e. The fourth-order valence-corrected chi connectivity index (χ4v) is 4.81. The maximum absolute atomic E-state index is 13.9. The van der Waals surface area contributed by atoms with E-state index < -0.39 is 48.6 Å². The van der Waals surface area contributed by atoms with Crippen molar-refractivity contribution in [1.82, 2.24) is 14.9 Å². The van der Waals surface area contributed by atoms with Gasteiger partial charge in [-0.05, 0) is 25.8 Å². The lowest BCUT2D eigenvalue weighted by atomic mass is 9.88. The van der Waals surface area contributed by atoms with Crippen LogP contribution in [0, 0.1) is 6.92 Å². The molecule has 0 atom stereocenters. The van der Waals surface area contributed by atoms with Crippen LogP contribution in [0.3, 0.4) is 0 Å². The highest BCUT2D eigenvalue weighted by Gasteiger charge is 2.45. The predicted octanol–water partition coefficient (Wildman–Crippen LogP) is 5.32. The van der Waals surface area contributed by atoms with Crippen molar-refractivity contribution in [1.29, 1.82) is 0 Å². The fourth-order valence-electron chi connectivity index (χ4n) is 3.88. The summed E-state index contributed by atoms with van der Waals surface area (Å²) in [5.41, 5.74) is -1.48. The summed E-state index contributed by atoms with van der Waals surface area (Å²) in [6.07, 6.45) is -5.41. The van der Waals surface area contributed by atoms with Gasteiger partial charge in [0, 0.05) is 43.7 Å². The molecule has 4 rings (SSSR count). The summed E-state index contributed by atoms with van der Waals surface area (Å²) in [5.74, 6) is -3.54. The van der Waals surface area contributed by atoms with Gasteiger partial charge >= 0.3 is 6.18 Å². The number of piperidine rings is 1. The molecule has 2 fully saturated rings. The number of amides is 1. The molecule has 12 heteroatoms. The van der Waals surface area contributed by atoms with E-state index in [1.807, 2.05) is 0 Å². The lowest BCUT2D eigenvalue weighted by Gasteiger charge is -2.35. The van der Waals surface area contributed by atoms with Crippen molar-refractivity contribution in [2.75, 3.05) is 18.4 Å². The second-order valence-electron chi connectivity index (χ2n) is 8.10. The highest BCUT2D eigenvalue weighted by molar-refractivity contribution is 7.15. The monoisotopic (exact) mass is 478 g/mol. The van der Waals surface area contributed by atoms with E-state index in [0.29, 0.717) is 5.01 Å². The largest absolute Gasteiger partial charge is 0.417 e. The van der Waals surface area contributed by atoms with Gasteiger partial charge in [-0.25, -0.2) is 23.1 Å². The predicted molar refractivity (Wildman–Crippen MR) is 107 cm³/mol. The summed E-state index contributed by atoms with van der Waals surface area (Å²) in [7, 11) is 0. The van der Waals surface area contributed by atoms with Crippen LogP contribution in [0.5, 0.6) is 0 Å². The number of hydrogen-bond donors (Lipinski definition) is 1. The Morgan fingerprint density at radius 1 is 1.25 bits per heavy atom. The minimum absolute atomic E-state index is 0.0245. The number of halogens is 6. The molecule has 0 unspecified atom stereocenters. The molecule has 1 aliphatic heterocycles. The van der Waals surface area contributed by atoms with Crippen molar-refractivity contribution in [2.24, 2.45) is 0 Å². The van der Waals surface area contributed by atoms with Crippen molar-refractivity contribution >= 4 is 23.1 Å². The van der Waals surface area contributed by atoms with E-state index in [1.54, 1.807) is 6.92 Å². The third-order valence-corrected chi connectivity index (χ3v) is 6.55. The van der Waals surface area contributed by atoms with Crippen LogP contribution in [-0.4, -0.2) is 52.0 Å². The average Bonchev–Trinajstić information content (AvgIpc) is 3.07. The second-order valence-corrected chi connectivity index (χ2v) is 9.30. The van der Waals surface area contributed by atoms with Crippen LogP contribution in [0.25, 0.3) is 10.4 Å². The number of nitrogens with one attached hydrogen (secondary N) is 1. The summed E-state index contributed by atoms with van der Waals surface area (Å²) < 4.78 is 81.1. The first-order valence-corrected chi connectivity index (χ1v) is 10.9. The number of alkyl halides is 6. The molecule has 1 N–H and O–H groups in total. The van der Waals surface area contributed by atoms with Gasteiger partial charge in [0.1, 0.15) is 17.7 Å². The first-order valence-electron chi connectivity index (χ1n) is 10.1. The fraction of sp³-hybridized carbons (Fsp3) is 0.550. The van der Waals surface area contributed by atoms with Gasteiger partial charge in [0.15, 0.2) is 0 Å². The van der Waals surface area contributed by atoms with E-state index in [1.165, 1.54) is 4.90 Å². The van der Waals surface area contributed by atoms with Crippen LogP contribution in [0.2, 0.25) is 0 Å². The zero-order chi connectivity index (χ0) is 23.3. The van der Waals surface area contributed by atoms with E-state index in [0.717, 1.165) is 23.6 Å². The van der Waals surface area contributed by atoms with Crippen LogP contribution in [0.1, 0.15) is 46.7 Å².